The molecule has 108 valence electrons. The summed E-state index contributed by atoms with van der Waals surface area (Å²) in [7, 11) is 0. The molecule has 1 aromatic heterocycles. The second-order valence-corrected chi connectivity index (χ2v) is 6.85. The second-order valence-electron chi connectivity index (χ2n) is 6.14. The monoisotopic (exact) mass is 350 g/mol. The highest BCUT2D eigenvalue weighted by Gasteiger charge is 2.35. The zero-order valence-electron chi connectivity index (χ0n) is 12.5. The fourth-order valence-corrected chi connectivity index (χ4v) is 3.67. The van der Waals surface area contributed by atoms with Gasteiger partial charge in [0.2, 0.25) is 0 Å². The fraction of sp³-hybridized carbons (Fsp3) is 0.158. The fourth-order valence-electron chi connectivity index (χ4n) is 3.36. The Hall–Kier alpha value is -2.00. The van der Waals surface area contributed by atoms with Crippen LogP contribution < -0.4 is 0 Å². The molecule has 1 aliphatic rings. The van der Waals surface area contributed by atoms with Gasteiger partial charge in [-0.15, -0.1) is 0 Å². The minimum Gasteiger partial charge on any atom is -0.231 e. The maximum absolute atomic E-state index is 4.47. The highest BCUT2D eigenvalue weighted by molar-refractivity contribution is 9.10. The van der Waals surface area contributed by atoms with Gasteiger partial charge in [-0.2, -0.15) is 0 Å². The summed E-state index contributed by atoms with van der Waals surface area (Å²) in [6, 6.07) is 17.3. The topological polar surface area (TPSA) is 25.8 Å². The third-order valence-electron chi connectivity index (χ3n) is 4.51. The molecular weight excluding hydrogens is 336 g/mol. The lowest BCUT2D eigenvalue weighted by molar-refractivity contribution is 0.660. The van der Waals surface area contributed by atoms with Gasteiger partial charge in [0, 0.05) is 17.2 Å². The molecule has 2 nitrogen and oxygen atoms in total. The number of nitrogens with zero attached hydrogens (tertiary/aromatic N) is 2. The predicted molar refractivity (Wildman–Crippen MR) is 92.7 cm³/mol. The maximum atomic E-state index is 4.47. The average Bonchev–Trinajstić information content (AvgIpc) is 2.76. The highest BCUT2D eigenvalue weighted by atomic mass is 79.9. The van der Waals surface area contributed by atoms with Crippen molar-refractivity contribution in [3.05, 3.63) is 70.6 Å². The summed E-state index contributed by atoms with van der Waals surface area (Å²) in [4.78, 5) is 8.58. The lowest BCUT2D eigenvalue weighted by atomic mass is 9.82. The van der Waals surface area contributed by atoms with Crippen LogP contribution in [0.5, 0.6) is 0 Å². The van der Waals surface area contributed by atoms with E-state index in [-0.39, 0.29) is 5.41 Å². The van der Waals surface area contributed by atoms with E-state index in [2.05, 4.69) is 82.2 Å². The summed E-state index contributed by atoms with van der Waals surface area (Å²) in [5.41, 5.74) is 7.52. The first-order chi connectivity index (χ1) is 10.6. The Morgan fingerprint density at radius 2 is 1.68 bits per heavy atom. The first-order valence-electron chi connectivity index (χ1n) is 7.31. The lowest BCUT2D eigenvalue weighted by Gasteiger charge is -2.21. The van der Waals surface area contributed by atoms with Gasteiger partial charge in [0.25, 0.3) is 0 Å². The van der Waals surface area contributed by atoms with Gasteiger partial charge in [-0.05, 0) is 50.3 Å². The zero-order valence-corrected chi connectivity index (χ0v) is 14.1. The van der Waals surface area contributed by atoms with E-state index in [9.17, 15) is 0 Å². The minimum absolute atomic E-state index is 0.0200. The van der Waals surface area contributed by atoms with Crippen molar-refractivity contribution < 1.29 is 0 Å². The first kappa shape index (κ1) is 13.6. The van der Waals surface area contributed by atoms with Crippen LogP contribution in [0.2, 0.25) is 0 Å². The van der Waals surface area contributed by atoms with Crippen LogP contribution in [0.25, 0.3) is 22.4 Å². The Kier molecular flexibility index (Phi) is 2.95. The van der Waals surface area contributed by atoms with Crippen LogP contribution >= 0.6 is 15.9 Å². The number of benzene rings is 2. The molecule has 0 radical (unpaired) electrons. The van der Waals surface area contributed by atoms with E-state index in [1.165, 1.54) is 22.3 Å². The molecular formula is C19H15BrN2. The summed E-state index contributed by atoms with van der Waals surface area (Å²) in [6.07, 6.45) is 1.78. The van der Waals surface area contributed by atoms with Gasteiger partial charge in [0.05, 0.1) is 5.69 Å². The van der Waals surface area contributed by atoms with Crippen molar-refractivity contribution in [3.8, 4) is 22.4 Å². The van der Waals surface area contributed by atoms with E-state index in [0.717, 1.165) is 11.3 Å². The van der Waals surface area contributed by atoms with Gasteiger partial charge >= 0.3 is 0 Å². The van der Waals surface area contributed by atoms with Crippen molar-refractivity contribution in [1.82, 2.24) is 9.97 Å². The maximum Gasteiger partial charge on any atom is 0.197 e. The molecule has 22 heavy (non-hydrogen) atoms. The van der Waals surface area contributed by atoms with E-state index in [1.807, 2.05) is 6.07 Å². The van der Waals surface area contributed by atoms with E-state index in [1.54, 1.807) is 6.20 Å². The summed E-state index contributed by atoms with van der Waals surface area (Å²) < 4.78 is 0.619. The summed E-state index contributed by atoms with van der Waals surface area (Å²) >= 11 is 3.35. The van der Waals surface area contributed by atoms with Crippen LogP contribution in [0.4, 0.5) is 0 Å². The molecule has 1 aliphatic carbocycles. The third kappa shape index (κ3) is 1.92. The van der Waals surface area contributed by atoms with Crippen molar-refractivity contribution in [2.45, 2.75) is 19.3 Å². The van der Waals surface area contributed by atoms with Crippen LogP contribution in [0.1, 0.15) is 25.0 Å². The molecule has 0 saturated heterocycles. The number of rotatable bonds is 1. The Morgan fingerprint density at radius 1 is 0.909 bits per heavy atom. The normalized spacial score (nSPS) is 14.5. The average molecular weight is 351 g/mol. The third-order valence-corrected chi connectivity index (χ3v) is 4.89. The Bertz CT molecular complexity index is 884. The molecule has 0 amide bonds. The Morgan fingerprint density at radius 3 is 2.50 bits per heavy atom. The molecule has 3 heteroatoms. The van der Waals surface area contributed by atoms with Crippen molar-refractivity contribution in [1.29, 1.82) is 0 Å². The SMILES string of the molecule is CC1(C)c2ccccc2-c2ccc(-c3ccnc(Br)n3)cc21. The van der Waals surface area contributed by atoms with Crippen LogP contribution in [-0.2, 0) is 5.41 Å². The van der Waals surface area contributed by atoms with Gasteiger partial charge in [-0.25, -0.2) is 9.97 Å². The Balaban J connectivity index is 1.92. The van der Waals surface area contributed by atoms with E-state index in [4.69, 9.17) is 0 Å². The summed E-state index contributed by atoms with van der Waals surface area (Å²) in [5.74, 6) is 0. The van der Waals surface area contributed by atoms with E-state index in [0.29, 0.717) is 4.73 Å². The largest absolute Gasteiger partial charge is 0.231 e. The van der Waals surface area contributed by atoms with Crippen molar-refractivity contribution >= 4 is 15.9 Å². The summed E-state index contributed by atoms with van der Waals surface area (Å²) in [6.45, 7) is 4.58. The molecule has 0 spiro atoms. The lowest BCUT2D eigenvalue weighted by Crippen LogP contribution is -2.14. The number of halogens is 1. The molecule has 0 fully saturated rings. The zero-order chi connectivity index (χ0) is 15.3. The van der Waals surface area contributed by atoms with Crippen LogP contribution in [0.3, 0.4) is 0 Å². The summed E-state index contributed by atoms with van der Waals surface area (Å²) in [5, 5.41) is 0. The molecule has 0 aliphatic heterocycles. The predicted octanol–water partition coefficient (Wildman–Crippen LogP) is 5.21. The minimum atomic E-state index is 0.0200. The van der Waals surface area contributed by atoms with Gasteiger partial charge in [-0.1, -0.05) is 50.2 Å². The molecule has 4 rings (SSSR count). The quantitative estimate of drug-likeness (QED) is 0.562. The van der Waals surface area contributed by atoms with Gasteiger partial charge in [-0.3, -0.25) is 0 Å². The van der Waals surface area contributed by atoms with E-state index >= 15 is 0 Å². The number of fused-ring (bicyclic) bond motifs is 3. The standard InChI is InChI=1S/C19H15BrN2/c1-19(2)15-6-4-3-5-13(15)14-8-7-12(11-16(14)19)17-9-10-21-18(20)22-17/h3-11H,1-2H3. The van der Waals surface area contributed by atoms with Gasteiger partial charge in [0.15, 0.2) is 4.73 Å². The van der Waals surface area contributed by atoms with Crippen LogP contribution in [-0.4, -0.2) is 9.97 Å². The molecule has 0 N–H and O–H groups in total. The van der Waals surface area contributed by atoms with Crippen LogP contribution in [0.15, 0.2) is 59.5 Å². The van der Waals surface area contributed by atoms with Crippen molar-refractivity contribution in [2.24, 2.45) is 0 Å². The number of hydrogen-bond acceptors (Lipinski definition) is 2. The van der Waals surface area contributed by atoms with Gasteiger partial charge < -0.3 is 0 Å². The van der Waals surface area contributed by atoms with Crippen LogP contribution in [0, 0.1) is 0 Å². The second kappa shape index (κ2) is 4.75. The van der Waals surface area contributed by atoms with Crippen molar-refractivity contribution in [2.75, 3.05) is 0 Å². The highest BCUT2D eigenvalue weighted by Crippen LogP contribution is 2.49. The molecule has 0 unspecified atom stereocenters. The molecule has 0 atom stereocenters. The molecule has 0 bridgehead atoms. The molecule has 0 saturated carbocycles. The smallest absolute Gasteiger partial charge is 0.197 e. The van der Waals surface area contributed by atoms with E-state index < -0.39 is 0 Å². The molecule has 1 heterocycles. The number of aromatic nitrogens is 2. The van der Waals surface area contributed by atoms with Crippen molar-refractivity contribution in [3.63, 3.8) is 0 Å². The number of hydrogen-bond donors (Lipinski definition) is 0. The molecule has 3 aromatic rings. The molecule has 2 aromatic carbocycles. The first-order valence-corrected chi connectivity index (χ1v) is 8.10. The van der Waals surface area contributed by atoms with Gasteiger partial charge in [0.1, 0.15) is 0 Å². The Labute approximate surface area is 138 Å².